The lowest BCUT2D eigenvalue weighted by molar-refractivity contribution is 0.0283. The van der Waals surface area contributed by atoms with Crippen molar-refractivity contribution in [1.29, 1.82) is 0 Å². The van der Waals surface area contributed by atoms with E-state index in [-0.39, 0.29) is 13.1 Å². The van der Waals surface area contributed by atoms with Crippen molar-refractivity contribution >= 4 is 17.6 Å². The summed E-state index contributed by atoms with van der Waals surface area (Å²) in [6, 6.07) is 7.03. The molecule has 0 aromatic carbocycles. The van der Waals surface area contributed by atoms with Crippen molar-refractivity contribution < 1.29 is 13.9 Å². The zero-order chi connectivity index (χ0) is 22.5. The number of hydrogen-bond donors (Lipinski definition) is 1. The van der Waals surface area contributed by atoms with E-state index in [1.165, 1.54) is 23.3 Å². The Balaban J connectivity index is 1.31. The molecule has 1 N–H and O–H groups in total. The van der Waals surface area contributed by atoms with Crippen LogP contribution in [0.5, 0.6) is 0 Å². The molecule has 8 nitrogen and oxygen atoms in total. The quantitative estimate of drug-likeness (QED) is 0.662. The van der Waals surface area contributed by atoms with Gasteiger partial charge in [-0.1, -0.05) is 6.07 Å². The number of carbonyl (C=O) groups is 1. The van der Waals surface area contributed by atoms with Crippen LogP contribution in [-0.4, -0.2) is 61.5 Å². The number of ether oxygens (including phenoxy) is 1. The first-order chi connectivity index (χ1) is 15.3. The molecule has 5 rings (SSSR count). The van der Waals surface area contributed by atoms with Gasteiger partial charge in [0.2, 0.25) is 0 Å². The molecule has 9 heteroatoms. The summed E-state index contributed by atoms with van der Waals surface area (Å²) in [7, 11) is 0. The maximum Gasteiger partial charge on any atom is 0.410 e. The van der Waals surface area contributed by atoms with Crippen molar-refractivity contribution in [3.05, 3.63) is 42.2 Å². The molecule has 32 heavy (non-hydrogen) atoms. The number of anilines is 1. The van der Waals surface area contributed by atoms with Crippen molar-refractivity contribution in [2.24, 2.45) is 0 Å². The average molecular weight is 439 g/mol. The molecule has 1 aliphatic heterocycles. The zero-order valence-electron chi connectivity index (χ0n) is 18.5. The standard InChI is InChI=1S/C23H27FN6O2/c1-23(2,3)32-22(31)29-12-16(24)18(13-29)28-20-6-4-5-17(27-20)19-11-25-21-9-15(14-7-8-14)10-26-30(19)21/h4-6,9-11,14,16,18H,7-8,12-13H2,1-3H3,(H,27,28)/t16-,18-/m0/s1. The number of alkyl halides is 1. The van der Waals surface area contributed by atoms with Gasteiger partial charge < -0.3 is 15.0 Å². The van der Waals surface area contributed by atoms with Crippen molar-refractivity contribution in [3.63, 3.8) is 0 Å². The van der Waals surface area contributed by atoms with Gasteiger partial charge in [0, 0.05) is 6.54 Å². The predicted molar refractivity (Wildman–Crippen MR) is 118 cm³/mol. The fourth-order valence-electron chi connectivity index (χ4n) is 3.93. The molecule has 1 saturated heterocycles. The number of hydrogen-bond acceptors (Lipinski definition) is 6. The average Bonchev–Trinajstić information content (AvgIpc) is 3.40. The van der Waals surface area contributed by atoms with Crippen LogP contribution in [0.3, 0.4) is 0 Å². The molecule has 0 spiro atoms. The number of amides is 1. The molecule has 3 aromatic heterocycles. The first-order valence-corrected chi connectivity index (χ1v) is 11.0. The maximum absolute atomic E-state index is 14.6. The van der Waals surface area contributed by atoms with Gasteiger partial charge in [-0.05, 0) is 63.3 Å². The number of pyridine rings is 1. The van der Waals surface area contributed by atoms with Gasteiger partial charge in [0.15, 0.2) is 5.65 Å². The summed E-state index contributed by atoms with van der Waals surface area (Å²) in [4.78, 5) is 22.8. The third-order valence-corrected chi connectivity index (χ3v) is 5.68. The summed E-state index contributed by atoms with van der Waals surface area (Å²) >= 11 is 0. The van der Waals surface area contributed by atoms with Gasteiger partial charge in [-0.15, -0.1) is 0 Å². The minimum atomic E-state index is -1.22. The van der Waals surface area contributed by atoms with Crippen LogP contribution in [0.25, 0.3) is 17.0 Å². The number of halogens is 1. The predicted octanol–water partition coefficient (Wildman–Crippen LogP) is 4.04. The monoisotopic (exact) mass is 438 g/mol. The molecule has 1 saturated carbocycles. The van der Waals surface area contributed by atoms with E-state index in [9.17, 15) is 9.18 Å². The number of likely N-dealkylation sites (tertiary alicyclic amines) is 1. The normalized spacial score (nSPS) is 21.2. The maximum atomic E-state index is 14.6. The molecule has 0 radical (unpaired) electrons. The Labute approximate surface area is 185 Å². The second kappa shape index (κ2) is 7.72. The highest BCUT2D eigenvalue weighted by Crippen LogP contribution is 2.40. The molecular formula is C23H27FN6O2. The Morgan fingerprint density at radius 3 is 2.78 bits per heavy atom. The van der Waals surface area contributed by atoms with Gasteiger partial charge in [-0.2, -0.15) is 5.10 Å². The number of rotatable bonds is 4. The van der Waals surface area contributed by atoms with Gasteiger partial charge in [0.05, 0.1) is 30.7 Å². The van der Waals surface area contributed by atoms with E-state index in [1.807, 2.05) is 18.3 Å². The number of nitrogens with one attached hydrogen (secondary N) is 1. The van der Waals surface area contributed by atoms with Gasteiger partial charge in [0.25, 0.3) is 0 Å². The molecular weight excluding hydrogens is 411 g/mol. The topological polar surface area (TPSA) is 84.6 Å². The molecule has 1 aliphatic carbocycles. The van der Waals surface area contributed by atoms with Crippen LogP contribution in [0.2, 0.25) is 0 Å². The van der Waals surface area contributed by atoms with Gasteiger partial charge in [-0.25, -0.2) is 23.7 Å². The summed E-state index contributed by atoms with van der Waals surface area (Å²) in [6.45, 7) is 5.58. The Bertz CT molecular complexity index is 1150. The lowest BCUT2D eigenvalue weighted by atomic mass is 10.2. The van der Waals surface area contributed by atoms with E-state index in [2.05, 4.69) is 26.4 Å². The molecule has 2 fully saturated rings. The smallest absolute Gasteiger partial charge is 0.410 e. The zero-order valence-corrected chi connectivity index (χ0v) is 18.5. The molecule has 0 unspecified atom stereocenters. The van der Waals surface area contributed by atoms with Crippen LogP contribution < -0.4 is 5.32 Å². The first kappa shape index (κ1) is 20.7. The SMILES string of the molecule is CC(C)(C)OC(=O)N1C[C@H](Nc2cccc(-c3cnc4cc(C5CC5)cnn34)n2)[C@@H](F)C1. The molecule has 1 amide bonds. The number of fused-ring (bicyclic) bond motifs is 1. The summed E-state index contributed by atoms with van der Waals surface area (Å²) in [5.74, 6) is 1.14. The van der Waals surface area contributed by atoms with Crippen molar-refractivity contribution in [2.75, 3.05) is 18.4 Å². The van der Waals surface area contributed by atoms with Crippen molar-refractivity contribution in [2.45, 2.75) is 57.3 Å². The first-order valence-electron chi connectivity index (χ1n) is 11.0. The van der Waals surface area contributed by atoms with Crippen LogP contribution >= 0.6 is 0 Å². The second-order valence-corrected chi connectivity index (χ2v) is 9.54. The fourth-order valence-corrected chi connectivity index (χ4v) is 3.93. The van der Waals surface area contributed by atoms with Crippen LogP contribution in [0.1, 0.15) is 45.1 Å². The van der Waals surface area contributed by atoms with E-state index in [0.717, 1.165) is 11.3 Å². The largest absolute Gasteiger partial charge is 0.444 e. The minimum Gasteiger partial charge on any atom is -0.444 e. The van der Waals surface area contributed by atoms with E-state index < -0.39 is 23.9 Å². The summed E-state index contributed by atoms with van der Waals surface area (Å²) in [5, 5.41) is 7.69. The highest BCUT2D eigenvalue weighted by molar-refractivity contribution is 5.69. The Morgan fingerprint density at radius 1 is 1.22 bits per heavy atom. The molecule has 3 aromatic rings. The molecule has 168 valence electrons. The van der Waals surface area contributed by atoms with Crippen molar-refractivity contribution in [1.82, 2.24) is 24.5 Å². The minimum absolute atomic E-state index is 0.00716. The lowest BCUT2D eigenvalue weighted by Crippen LogP contribution is -2.36. The number of carbonyl (C=O) groups excluding carboxylic acids is 1. The summed E-state index contributed by atoms with van der Waals surface area (Å²) in [5.41, 5.74) is 2.85. The third-order valence-electron chi connectivity index (χ3n) is 5.68. The van der Waals surface area contributed by atoms with Gasteiger partial charge >= 0.3 is 6.09 Å². The highest BCUT2D eigenvalue weighted by Gasteiger charge is 2.37. The van der Waals surface area contributed by atoms with Crippen LogP contribution in [-0.2, 0) is 4.74 Å². The van der Waals surface area contributed by atoms with E-state index >= 15 is 0 Å². The number of imidazole rings is 1. The number of aromatic nitrogens is 4. The third kappa shape index (κ3) is 4.24. The summed E-state index contributed by atoms with van der Waals surface area (Å²) in [6.07, 6.45) is 4.35. The second-order valence-electron chi connectivity index (χ2n) is 9.54. The number of nitrogens with zero attached hydrogens (tertiary/aromatic N) is 5. The Morgan fingerprint density at radius 2 is 2.03 bits per heavy atom. The van der Waals surface area contributed by atoms with Crippen molar-refractivity contribution in [3.8, 4) is 11.4 Å². The van der Waals surface area contributed by atoms with E-state index in [0.29, 0.717) is 17.4 Å². The molecule has 2 atom stereocenters. The van der Waals surface area contributed by atoms with Crippen LogP contribution in [0.15, 0.2) is 36.7 Å². The summed E-state index contributed by atoms with van der Waals surface area (Å²) < 4.78 is 21.8. The highest BCUT2D eigenvalue weighted by atomic mass is 19.1. The van der Waals surface area contributed by atoms with E-state index in [1.54, 1.807) is 37.5 Å². The van der Waals surface area contributed by atoms with Crippen LogP contribution in [0.4, 0.5) is 15.0 Å². The Kier molecular flexibility index (Phi) is 4.98. The Hall–Kier alpha value is -3.23. The fraction of sp³-hybridized carbons (Fsp3) is 0.478. The molecule has 4 heterocycles. The van der Waals surface area contributed by atoms with Crippen LogP contribution in [0, 0.1) is 0 Å². The van der Waals surface area contributed by atoms with E-state index in [4.69, 9.17) is 4.74 Å². The van der Waals surface area contributed by atoms with Gasteiger partial charge in [0.1, 0.15) is 23.3 Å². The van der Waals surface area contributed by atoms with Gasteiger partial charge in [-0.3, -0.25) is 0 Å². The molecule has 0 bridgehead atoms. The lowest BCUT2D eigenvalue weighted by Gasteiger charge is -2.24. The molecule has 2 aliphatic rings.